The van der Waals surface area contributed by atoms with Gasteiger partial charge in [0.25, 0.3) is 15.9 Å². The summed E-state index contributed by atoms with van der Waals surface area (Å²) in [6, 6.07) is 12.2. The summed E-state index contributed by atoms with van der Waals surface area (Å²) >= 11 is 15.9. The minimum absolute atomic E-state index is 0.0760. The van der Waals surface area contributed by atoms with E-state index in [-0.39, 0.29) is 56.1 Å². The largest absolute Gasteiger partial charge is 0.450 e. The summed E-state index contributed by atoms with van der Waals surface area (Å²) in [6.07, 6.45) is 0.994. The van der Waals surface area contributed by atoms with Crippen molar-refractivity contribution in [2.24, 2.45) is 0 Å². The summed E-state index contributed by atoms with van der Waals surface area (Å²) in [6.45, 7) is 4.17. The second-order valence-corrected chi connectivity index (χ2v) is 13.3. The monoisotopic (exact) mass is 669 g/mol. The summed E-state index contributed by atoms with van der Waals surface area (Å²) < 4.78 is 36.7. The molecule has 1 saturated heterocycles. The number of hydrogen-bond donors (Lipinski definition) is 0. The summed E-state index contributed by atoms with van der Waals surface area (Å²) in [7, 11) is -4.10. The highest BCUT2D eigenvalue weighted by Gasteiger charge is 2.52. The third kappa shape index (κ3) is 5.11. The minimum atomic E-state index is -4.10. The number of rotatable bonds is 6. The summed E-state index contributed by atoms with van der Waals surface area (Å²) in [4.78, 5) is 33.6. The summed E-state index contributed by atoms with van der Waals surface area (Å²) in [5.74, 6) is -0.230. The van der Waals surface area contributed by atoms with Gasteiger partial charge >= 0.3 is 6.09 Å². The van der Waals surface area contributed by atoms with E-state index < -0.39 is 21.7 Å². The molecule has 0 aliphatic carbocycles. The van der Waals surface area contributed by atoms with Gasteiger partial charge in [0.1, 0.15) is 5.54 Å². The van der Waals surface area contributed by atoms with Crippen molar-refractivity contribution in [2.45, 2.75) is 30.8 Å². The number of sulfonamides is 1. The minimum Gasteiger partial charge on any atom is -0.450 e. The number of carbonyl (C=O) groups is 2. The van der Waals surface area contributed by atoms with Crippen molar-refractivity contribution in [1.29, 1.82) is 0 Å². The summed E-state index contributed by atoms with van der Waals surface area (Å²) in [5.41, 5.74) is -0.138. The molecule has 0 radical (unpaired) electrons. The maximum absolute atomic E-state index is 14.2. The number of aromatic nitrogens is 2. The first-order valence-electron chi connectivity index (χ1n) is 12.5. The smallest absolute Gasteiger partial charge is 0.409 e. The molecule has 3 aromatic rings. The Hall–Kier alpha value is -2.64. The van der Waals surface area contributed by atoms with Gasteiger partial charge in [0.05, 0.1) is 18.5 Å². The third-order valence-electron chi connectivity index (χ3n) is 7.00. The van der Waals surface area contributed by atoms with Gasteiger partial charge in [0, 0.05) is 47.1 Å². The van der Waals surface area contributed by atoms with Crippen LogP contribution in [0.25, 0.3) is 0 Å². The zero-order chi connectivity index (χ0) is 28.8. The predicted molar refractivity (Wildman–Crippen MR) is 155 cm³/mol. The molecule has 2 aliphatic rings. The number of amides is 2. The van der Waals surface area contributed by atoms with Crippen LogP contribution in [0, 0.1) is 0 Å². The number of nitrogens with zero attached hydrogens (tertiary/aromatic N) is 5. The van der Waals surface area contributed by atoms with Crippen LogP contribution in [-0.2, 0) is 31.5 Å². The van der Waals surface area contributed by atoms with Gasteiger partial charge in [-0.15, -0.1) is 0 Å². The van der Waals surface area contributed by atoms with Gasteiger partial charge in [0.2, 0.25) is 5.95 Å². The van der Waals surface area contributed by atoms with E-state index in [4.69, 9.17) is 27.9 Å². The molecule has 3 heterocycles. The van der Waals surface area contributed by atoms with Gasteiger partial charge < -0.3 is 9.64 Å². The number of benzene rings is 2. The zero-order valence-corrected chi connectivity index (χ0v) is 25.6. The van der Waals surface area contributed by atoms with Crippen LogP contribution in [0.1, 0.15) is 19.4 Å². The number of imidazole rings is 1. The van der Waals surface area contributed by atoms with Crippen molar-refractivity contribution in [2.75, 3.05) is 37.7 Å². The number of hydrogen-bond acceptors (Lipinski definition) is 6. The van der Waals surface area contributed by atoms with Crippen molar-refractivity contribution >= 4 is 72.8 Å². The average Bonchev–Trinajstić information content (AvgIpc) is 3.43. The van der Waals surface area contributed by atoms with Crippen molar-refractivity contribution in [3.63, 3.8) is 0 Å². The number of fused-ring (bicyclic) bond motifs is 1. The Morgan fingerprint density at radius 3 is 2.30 bits per heavy atom. The predicted octanol–water partition coefficient (Wildman–Crippen LogP) is 5.05. The maximum Gasteiger partial charge on any atom is 0.409 e. The third-order valence-corrected chi connectivity index (χ3v) is 9.83. The molecular weight excluding hydrogens is 645 g/mol. The van der Waals surface area contributed by atoms with Gasteiger partial charge in [-0.05, 0) is 49.7 Å². The fraction of sp³-hybridized carbons (Fsp3) is 0.346. The Morgan fingerprint density at radius 2 is 1.70 bits per heavy atom. The molecule has 1 atom stereocenters. The lowest BCUT2D eigenvalue weighted by molar-refractivity contribution is -0.124. The van der Waals surface area contributed by atoms with E-state index in [0.29, 0.717) is 15.7 Å². The van der Waals surface area contributed by atoms with Crippen LogP contribution in [-0.4, -0.2) is 72.0 Å². The Balaban J connectivity index is 1.57. The Labute approximate surface area is 250 Å². The van der Waals surface area contributed by atoms with Gasteiger partial charge in [-0.1, -0.05) is 51.3 Å². The van der Waals surface area contributed by atoms with Crippen LogP contribution in [0.3, 0.4) is 0 Å². The van der Waals surface area contributed by atoms with E-state index in [1.807, 2.05) is 24.3 Å². The van der Waals surface area contributed by atoms with Crippen LogP contribution in [0.15, 0.2) is 58.2 Å². The van der Waals surface area contributed by atoms with E-state index in [0.717, 1.165) is 10.0 Å². The van der Waals surface area contributed by atoms with E-state index in [1.165, 1.54) is 24.9 Å². The van der Waals surface area contributed by atoms with E-state index in [2.05, 4.69) is 20.9 Å². The highest BCUT2D eigenvalue weighted by molar-refractivity contribution is 9.10. The lowest BCUT2D eigenvalue weighted by atomic mass is 9.92. The molecule has 2 aliphatic heterocycles. The van der Waals surface area contributed by atoms with E-state index in [9.17, 15) is 18.0 Å². The maximum atomic E-state index is 14.2. The van der Waals surface area contributed by atoms with Crippen LogP contribution >= 0.6 is 39.1 Å². The van der Waals surface area contributed by atoms with E-state index >= 15 is 0 Å². The molecule has 10 nitrogen and oxygen atoms in total. The average molecular weight is 671 g/mol. The molecule has 0 saturated carbocycles. The standard InChI is InChI=1S/C26H26BrCl2N5O5S/c1-3-39-25(36)31-8-10-32(11-9-31)40(37,38)22-16-30-24-33(21-13-19(28)12-20(29)14-21)23(35)26(2,34(22)24)15-17-4-6-18(27)7-5-17/h4-7,12-14,16H,3,8-11,15H2,1-2H3/t26-/m1/s1. The van der Waals surface area contributed by atoms with Crippen molar-refractivity contribution in [3.05, 3.63) is 68.7 Å². The summed E-state index contributed by atoms with van der Waals surface area (Å²) in [5, 5.41) is 0.528. The van der Waals surface area contributed by atoms with Crippen molar-refractivity contribution in [1.82, 2.24) is 18.8 Å². The molecule has 212 valence electrons. The lowest BCUT2D eigenvalue weighted by Crippen LogP contribution is -2.51. The number of carbonyl (C=O) groups excluding carboxylic acids is 2. The van der Waals surface area contributed by atoms with Gasteiger partial charge in [-0.25, -0.2) is 23.1 Å². The van der Waals surface area contributed by atoms with Crippen molar-refractivity contribution in [3.8, 4) is 0 Å². The van der Waals surface area contributed by atoms with Gasteiger partial charge in [0.15, 0.2) is 5.03 Å². The molecular formula is C26H26BrCl2N5O5S. The van der Waals surface area contributed by atoms with Crippen LogP contribution < -0.4 is 4.90 Å². The Morgan fingerprint density at radius 1 is 1.07 bits per heavy atom. The molecule has 14 heteroatoms. The number of halogens is 3. The molecule has 1 aromatic heterocycles. The topological polar surface area (TPSA) is 105 Å². The first-order chi connectivity index (χ1) is 19.0. The molecule has 40 heavy (non-hydrogen) atoms. The van der Waals surface area contributed by atoms with Crippen LogP contribution in [0.5, 0.6) is 0 Å². The molecule has 0 spiro atoms. The lowest BCUT2D eigenvalue weighted by Gasteiger charge is -2.34. The number of piperazine rings is 1. The second-order valence-electron chi connectivity index (χ2n) is 9.67. The fourth-order valence-corrected chi connectivity index (χ4v) is 7.46. The highest BCUT2D eigenvalue weighted by atomic mass is 79.9. The number of ether oxygens (including phenoxy) is 1. The van der Waals surface area contributed by atoms with Crippen LogP contribution in [0.2, 0.25) is 10.0 Å². The van der Waals surface area contributed by atoms with E-state index in [1.54, 1.807) is 32.0 Å². The zero-order valence-electron chi connectivity index (χ0n) is 21.7. The van der Waals surface area contributed by atoms with Gasteiger partial charge in [-0.3, -0.25) is 9.36 Å². The Bertz CT molecular complexity index is 1550. The first-order valence-corrected chi connectivity index (χ1v) is 15.5. The first kappa shape index (κ1) is 28.9. The quantitative estimate of drug-likeness (QED) is 0.364. The second kappa shape index (κ2) is 11.0. The van der Waals surface area contributed by atoms with Gasteiger partial charge in [-0.2, -0.15) is 4.31 Å². The molecule has 0 unspecified atom stereocenters. The number of anilines is 2. The molecule has 5 rings (SSSR count). The molecule has 1 fully saturated rings. The normalized spacial score (nSPS) is 19.7. The molecule has 0 bridgehead atoms. The fourth-order valence-electron chi connectivity index (χ4n) is 5.07. The van der Waals surface area contributed by atoms with Crippen LogP contribution in [0.4, 0.5) is 16.4 Å². The molecule has 2 amide bonds. The molecule has 2 aromatic carbocycles. The highest BCUT2D eigenvalue weighted by Crippen LogP contribution is 2.45. The molecule has 0 N–H and O–H groups in total. The Kier molecular flexibility index (Phi) is 7.92. The SMILES string of the molecule is CCOC(=O)N1CCN(S(=O)(=O)c2cnc3n2[C@](C)(Cc2ccc(Br)cc2)C(=O)N3c2cc(Cl)cc(Cl)c2)CC1. The van der Waals surface area contributed by atoms with Crippen molar-refractivity contribution < 1.29 is 22.7 Å².